The topological polar surface area (TPSA) is 35.2 Å². The van der Waals surface area contributed by atoms with Crippen LogP contribution in [0.15, 0.2) is 18.2 Å². The van der Waals surface area contributed by atoms with Crippen molar-refractivity contribution in [1.82, 2.24) is 0 Å². The molecule has 0 saturated carbocycles. The first-order valence-electron chi connectivity index (χ1n) is 4.45. The Morgan fingerprint density at radius 2 is 2.14 bits per heavy atom. The maximum Gasteiger partial charge on any atom is 0.123 e. The molecule has 1 rings (SSSR count). The van der Waals surface area contributed by atoms with Crippen molar-refractivity contribution in [3.63, 3.8) is 0 Å². The number of hydrogen-bond donors (Lipinski definition) is 1. The average Bonchev–Trinajstić information content (AvgIpc) is 2.17. The second kappa shape index (κ2) is 5.54. The normalized spacial score (nSPS) is 10.2. The van der Waals surface area contributed by atoms with Gasteiger partial charge in [0, 0.05) is 0 Å². The quantitative estimate of drug-likeness (QED) is 0.786. The molecule has 0 aliphatic carbocycles. The first-order chi connectivity index (χ1) is 6.77. The molecule has 1 aromatic carbocycles. The van der Waals surface area contributed by atoms with E-state index in [0.29, 0.717) is 24.3 Å². The molecule has 0 unspecified atom stereocenters. The van der Waals surface area contributed by atoms with E-state index in [1.54, 1.807) is 0 Å². The smallest absolute Gasteiger partial charge is 0.123 e. The molecule has 0 radical (unpaired) electrons. The molecule has 78 valence electrons. The van der Waals surface area contributed by atoms with Crippen molar-refractivity contribution in [2.45, 2.75) is 6.42 Å². The third-order valence-electron chi connectivity index (χ3n) is 1.77. The molecule has 2 nitrogen and oxygen atoms in total. The maximum absolute atomic E-state index is 12.8. The molecular formula is C10H13F2NO. The summed E-state index contributed by atoms with van der Waals surface area (Å²) in [6.07, 6.45) is 0.527. The Hall–Kier alpha value is -1.16. The van der Waals surface area contributed by atoms with Crippen LogP contribution in [0.1, 0.15) is 5.56 Å². The fourth-order valence-corrected chi connectivity index (χ4v) is 1.19. The predicted octanol–water partition coefficient (Wildman–Crippen LogP) is 1.68. The van der Waals surface area contributed by atoms with Crippen molar-refractivity contribution in [2.24, 2.45) is 5.73 Å². The predicted molar refractivity (Wildman–Crippen MR) is 50.6 cm³/mol. The van der Waals surface area contributed by atoms with E-state index in [2.05, 4.69) is 0 Å². The molecule has 4 heteroatoms. The second-order valence-electron chi connectivity index (χ2n) is 2.83. The van der Waals surface area contributed by atoms with Crippen LogP contribution in [0.5, 0.6) is 5.75 Å². The fourth-order valence-electron chi connectivity index (χ4n) is 1.19. The highest BCUT2D eigenvalue weighted by molar-refractivity contribution is 5.34. The summed E-state index contributed by atoms with van der Waals surface area (Å²) in [6, 6.07) is 4.14. The number of ether oxygens (including phenoxy) is 1. The van der Waals surface area contributed by atoms with Crippen LogP contribution in [0.4, 0.5) is 8.78 Å². The molecular weight excluding hydrogens is 188 g/mol. The molecule has 0 aromatic heterocycles. The van der Waals surface area contributed by atoms with Gasteiger partial charge < -0.3 is 10.5 Å². The van der Waals surface area contributed by atoms with Crippen molar-refractivity contribution in [1.29, 1.82) is 0 Å². The summed E-state index contributed by atoms with van der Waals surface area (Å²) in [5.74, 6) is 0.176. The van der Waals surface area contributed by atoms with Gasteiger partial charge in [-0.1, -0.05) is 0 Å². The average molecular weight is 201 g/mol. The number of rotatable bonds is 5. The van der Waals surface area contributed by atoms with Crippen LogP contribution in [0.3, 0.4) is 0 Å². The Kier molecular flexibility index (Phi) is 4.32. The number of halogens is 2. The lowest BCUT2D eigenvalue weighted by Crippen LogP contribution is -2.07. The summed E-state index contributed by atoms with van der Waals surface area (Å²) in [6.45, 7) is -0.155. The highest BCUT2D eigenvalue weighted by Gasteiger charge is 2.04. The molecule has 2 N–H and O–H groups in total. The lowest BCUT2D eigenvalue weighted by Gasteiger charge is -2.09. The van der Waals surface area contributed by atoms with Gasteiger partial charge in [-0.2, -0.15) is 0 Å². The Morgan fingerprint density at radius 3 is 2.79 bits per heavy atom. The summed E-state index contributed by atoms with van der Waals surface area (Å²) >= 11 is 0. The number of hydrogen-bond acceptors (Lipinski definition) is 2. The molecule has 0 spiro atoms. The van der Waals surface area contributed by atoms with Crippen molar-refractivity contribution >= 4 is 0 Å². The molecule has 0 atom stereocenters. The van der Waals surface area contributed by atoms with E-state index in [1.807, 2.05) is 0 Å². The van der Waals surface area contributed by atoms with E-state index in [0.717, 1.165) is 0 Å². The van der Waals surface area contributed by atoms with Crippen LogP contribution in [0.25, 0.3) is 0 Å². The van der Waals surface area contributed by atoms with E-state index in [-0.39, 0.29) is 12.4 Å². The van der Waals surface area contributed by atoms with Gasteiger partial charge in [-0.15, -0.1) is 0 Å². The Balaban J connectivity index is 2.78. The standard InChI is InChI=1S/C10H13F2NO/c11-4-6-14-10-2-1-9(12)7-8(10)3-5-13/h1-2,7H,3-6,13H2. The first kappa shape index (κ1) is 10.9. The van der Waals surface area contributed by atoms with Gasteiger partial charge in [0.1, 0.15) is 24.8 Å². The third-order valence-corrected chi connectivity index (χ3v) is 1.77. The molecule has 0 saturated heterocycles. The molecule has 14 heavy (non-hydrogen) atoms. The van der Waals surface area contributed by atoms with E-state index in [4.69, 9.17) is 10.5 Å². The zero-order valence-corrected chi connectivity index (χ0v) is 7.80. The van der Waals surface area contributed by atoms with E-state index < -0.39 is 6.67 Å². The summed E-state index contributed by atoms with van der Waals surface area (Å²) < 4.78 is 29.8. The van der Waals surface area contributed by atoms with Gasteiger partial charge >= 0.3 is 0 Å². The Labute approximate surface area is 81.7 Å². The van der Waals surface area contributed by atoms with E-state index in [9.17, 15) is 8.78 Å². The molecule has 0 aliphatic rings. The van der Waals surface area contributed by atoms with Gasteiger partial charge in [-0.25, -0.2) is 8.78 Å². The fraction of sp³-hybridized carbons (Fsp3) is 0.400. The summed E-state index contributed by atoms with van der Waals surface area (Å²) in [5, 5.41) is 0. The van der Waals surface area contributed by atoms with Gasteiger partial charge in [-0.3, -0.25) is 0 Å². The summed E-state index contributed by atoms with van der Waals surface area (Å²) in [4.78, 5) is 0. The van der Waals surface area contributed by atoms with Crippen LogP contribution in [-0.2, 0) is 6.42 Å². The highest BCUT2D eigenvalue weighted by Crippen LogP contribution is 2.19. The number of nitrogens with two attached hydrogens (primary N) is 1. The SMILES string of the molecule is NCCc1cc(F)ccc1OCCF. The largest absolute Gasteiger partial charge is 0.491 e. The van der Waals surface area contributed by atoms with Gasteiger partial charge in [0.15, 0.2) is 0 Å². The van der Waals surface area contributed by atoms with Gasteiger partial charge in [0.05, 0.1) is 0 Å². The number of benzene rings is 1. The van der Waals surface area contributed by atoms with Crippen molar-refractivity contribution < 1.29 is 13.5 Å². The van der Waals surface area contributed by atoms with Crippen molar-refractivity contribution in [3.05, 3.63) is 29.6 Å². The molecule has 0 fully saturated rings. The third kappa shape index (κ3) is 2.96. The van der Waals surface area contributed by atoms with Gasteiger partial charge in [0.25, 0.3) is 0 Å². The highest BCUT2D eigenvalue weighted by atomic mass is 19.1. The second-order valence-corrected chi connectivity index (χ2v) is 2.83. The van der Waals surface area contributed by atoms with E-state index >= 15 is 0 Å². The zero-order valence-electron chi connectivity index (χ0n) is 7.80. The monoisotopic (exact) mass is 201 g/mol. The molecule has 0 heterocycles. The molecule has 1 aromatic rings. The number of alkyl halides is 1. The minimum absolute atomic E-state index is 0.0107. The Bertz CT molecular complexity index is 291. The van der Waals surface area contributed by atoms with Gasteiger partial charge in [-0.05, 0) is 36.7 Å². The van der Waals surface area contributed by atoms with Crippen LogP contribution >= 0.6 is 0 Å². The minimum atomic E-state index is -0.556. The molecule has 0 amide bonds. The van der Waals surface area contributed by atoms with Crippen LogP contribution in [-0.4, -0.2) is 19.8 Å². The van der Waals surface area contributed by atoms with Crippen molar-refractivity contribution in [3.8, 4) is 5.75 Å². The van der Waals surface area contributed by atoms with Gasteiger partial charge in [0.2, 0.25) is 0 Å². The van der Waals surface area contributed by atoms with E-state index in [1.165, 1.54) is 18.2 Å². The Morgan fingerprint density at radius 1 is 1.36 bits per heavy atom. The molecule has 0 aliphatic heterocycles. The summed E-state index contributed by atoms with van der Waals surface area (Å²) in [7, 11) is 0. The van der Waals surface area contributed by atoms with Crippen LogP contribution in [0.2, 0.25) is 0 Å². The van der Waals surface area contributed by atoms with Crippen molar-refractivity contribution in [2.75, 3.05) is 19.8 Å². The molecule has 0 bridgehead atoms. The van der Waals surface area contributed by atoms with Crippen LogP contribution < -0.4 is 10.5 Å². The van der Waals surface area contributed by atoms with Crippen LogP contribution in [0, 0.1) is 5.82 Å². The lowest BCUT2D eigenvalue weighted by atomic mass is 10.1. The first-order valence-corrected chi connectivity index (χ1v) is 4.45. The summed E-state index contributed by atoms with van der Waals surface area (Å²) in [5.41, 5.74) is 6.04. The lowest BCUT2D eigenvalue weighted by molar-refractivity contribution is 0.270. The maximum atomic E-state index is 12.8. The zero-order chi connectivity index (χ0) is 10.4. The minimum Gasteiger partial charge on any atom is -0.491 e.